The molecular formula is C52H60Cl2Zr-2. The van der Waals surface area contributed by atoms with Crippen LogP contribution in [0, 0.1) is 41.2 Å². The average Bonchev–Trinajstić information content (AvgIpc) is 3.64. The predicted octanol–water partition coefficient (Wildman–Crippen LogP) is 7.38. The molecule has 0 spiro atoms. The van der Waals surface area contributed by atoms with Crippen LogP contribution in [-0.4, -0.2) is 3.21 Å². The van der Waals surface area contributed by atoms with E-state index >= 15 is 0 Å². The Labute approximate surface area is 361 Å². The standard InChI is InChI=1S/C21H26.C18H25.C13H9.2ClH.Zr/c1-20(2,3)18-11-7-16(8-12-18)15-17-9-13-19(14-10-17)21(4,5)6;1-12-3-13(2)17(4-12)11-18-8-14-5-15(9-18)7-16(6-14)10-18;1-3-7-12-10(5-1)9-11-6-2-4-8-13(11)12;;;/h7-14H,1-6H3;4,12,14-16H,5-11H2,1-2H3;1-5,7-8H,9H2;2*1H;/q;2*-1;;;+2/p-2. The summed E-state index contributed by atoms with van der Waals surface area (Å²) in [5.74, 6) is 3.82. The monoisotopic (exact) mass is 844 g/mol. The van der Waals surface area contributed by atoms with Crippen LogP contribution in [-0.2, 0) is 41.5 Å². The maximum Gasteiger partial charge on any atom is -0.0253 e. The molecule has 55 heavy (non-hydrogen) atoms. The van der Waals surface area contributed by atoms with Gasteiger partial charge in [-0.25, -0.2) is 5.57 Å². The van der Waals surface area contributed by atoms with Gasteiger partial charge in [-0.1, -0.05) is 61.6 Å². The zero-order valence-corrected chi connectivity index (χ0v) is 38.4. The fourth-order valence-corrected chi connectivity index (χ4v) is 11.3. The number of allylic oxidation sites excluding steroid dienone is 4. The number of rotatable bonds is 4. The van der Waals surface area contributed by atoms with Gasteiger partial charge in [0.25, 0.3) is 0 Å². The Hall–Kier alpha value is -2.31. The molecule has 0 aliphatic heterocycles. The molecule has 1 unspecified atom stereocenters. The molecule has 0 radical (unpaired) electrons. The first-order valence-electron chi connectivity index (χ1n) is 20.4. The molecule has 4 aromatic carbocycles. The molecule has 0 amide bonds. The summed E-state index contributed by atoms with van der Waals surface area (Å²) < 4.78 is 1.42. The molecule has 10 rings (SSSR count). The second kappa shape index (κ2) is 17.7. The summed E-state index contributed by atoms with van der Waals surface area (Å²) in [6, 6.07) is 36.2. The predicted molar refractivity (Wildman–Crippen MR) is 222 cm³/mol. The van der Waals surface area contributed by atoms with Gasteiger partial charge >= 0.3 is 151 Å². The van der Waals surface area contributed by atoms with Gasteiger partial charge in [-0.05, 0) is 68.1 Å². The topological polar surface area (TPSA) is 0 Å². The van der Waals surface area contributed by atoms with Crippen molar-refractivity contribution in [1.82, 2.24) is 0 Å². The molecule has 4 saturated carbocycles. The van der Waals surface area contributed by atoms with Crippen molar-refractivity contribution in [1.29, 1.82) is 0 Å². The molecule has 4 fully saturated rings. The zero-order chi connectivity index (χ0) is 37.5. The van der Waals surface area contributed by atoms with Crippen molar-refractivity contribution < 1.29 is 49.0 Å². The second-order valence-corrected chi connectivity index (χ2v) is 20.5. The van der Waals surface area contributed by atoms with Gasteiger partial charge in [0.1, 0.15) is 0 Å². The average molecular weight is 847 g/mol. The van der Waals surface area contributed by atoms with E-state index in [4.69, 9.17) is 0 Å². The largest absolute Gasteiger partial charge is 1.00 e. The van der Waals surface area contributed by atoms with Crippen molar-refractivity contribution in [2.24, 2.45) is 29.1 Å². The quantitative estimate of drug-likeness (QED) is 0.166. The minimum Gasteiger partial charge on any atom is -1.00 e. The maximum atomic E-state index is 3.57. The summed E-state index contributed by atoms with van der Waals surface area (Å²) in [4.78, 5) is 0. The first-order valence-corrected chi connectivity index (χ1v) is 21.6. The SMILES string of the molecule is CC(C)(C)c1ccc([C](=[Zr+2])c2ccc(C(C)(C)C)cc2)cc1.CC1=[C-]C(C)C=C1CC12CC3CC(CC(C3)C1)C2.[Cl-].[Cl-].[c-]1cccc2c1Cc1ccccc1-2. The van der Waals surface area contributed by atoms with Crippen LogP contribution < -0.4 is 24.8 Å². The van der Waals surface area contributed by atoms with Crippen LogP contribution in [0.15, 0.2) is 108 Å². The van der Waals surface area contributed by atoms with Crippen LogP contribution in [0.5, 0.6) is 0 Å². The van der Waals surface area contributed by atoms with Gasteiger partial charge < -0.3 is 24.8 Å². The van der Waals surface area contributed by atoms with Crippen LogP contribution in [0.4, 0.5) is 0 Å². The summed E-state index contributed by atoms with van der Waals surface area (Å²) in [7, 11) is 0. The van der Waals surface area contributed by atoms with Crippen LogP contribution in [0.3, 0.4) is 0 Å². The Bertz CT molecular complexity index is 1860. The molecule has 4 aromatic rings. The van der Waals surface area contributed by atoms with Crippen molar-refractivity contribution in [2.75, 3.05) is 0 Å². The third kappa shape index (κ3) is 10.2. The van der Waals surface area contributed by atoms with Gasteiger partial charge in [-0.3, -0.25) is 6.08 Å². The third-order valence-corrected chi connectivity index (χ3v) is 14.2. The van der Waals surface area contributed by atoms with Gasteiger partial charge in [0.05, 0.1) is 0 Å². The number of fused-ring (bicyclic) bond motifs is 3. The molecule has 0 heterocycles. The Morgan fingerprint density at radius 2 is 1.18 bits per heavy atom. The van der Waals surface area contributed by atoms with E-state index in [2.05, 4.69) is 159 Å². The van der Waals surface area contributed by atoms with E-state index in [0.29, 0.717) is 11.3 Å². The minimum atomic E-state index is 0. The number of hydrogen-bond acceptors (Lipinski definition) is 0. The molecule has 0 N–H and O–H groups in total. The maximum absolute atomic E-state index is 3.57. The molecule has 0 nitrogen and oxygen atoms in total. The Morgan fingerprint density at radius 3 is 1.65 bits per heavy atom. The van der Waals surface area contributed by atoms with Gasteiger partial charge in [-0.2, -0.15) is 41.5 Å². The normalized spacial score (nSPS) is 24.0. The van der Waals surface area contributed by atoms with Crippen LogP contribution in [0.2, 0.25) is 0 Å². The Kier molecular flexibility index (Phi) is 14.1. The zero-order valence-electron chi connectivity index (χ0n) is 34.5. The summed E-state index contributed by atoms with van der Waals surface area (Å²) in [5.41, 5.74) is 15.2. The van der Waals surface area contributed by atoms with Crippen LogP contribution in [0.1, 0.15) is 134 Å². The van der Waals surface area contributed by atoms with Gasteiger partial charge in [-0.15, -0.1) is 5.56 Å². The van der Waals surface area contributed by atoms with Crippen LogP contribution >= 0.6 is 0 Å². The van der Waals surface area contributed by atoms with E-state index in [0.717, 1.165) is 24.2 Å². The van der Waals surface area contributed by atoms with E-state index in [1.165, 1.54) is 83.9 Å². The van der Waals surface area contributed by atoms with E-state index in [1.807, 2.05) is 6.07 Å². The van der Waals surface area contributed by atoms with Crippen LogP contribution in [0.25, 0.3) is 11.1 Å². The molecule has 4 bridgehead atoms. The number of halogens is 2. The first kappa shape index (κ1) is 43.8. The van der Waals surface area contributed by atoms with Crippen molar-refractivity contribution in [3.05, 3.63) is 154 Å². The molecule has 1 atom stereocenters. The molecule has 6 aliphatic rings. The van der Waals surface area contributed by atoms with E-state index < -0.39 is 0 Å². The molecule has 288 valence electrons. The Balaban J connectivity index is 0.000000159. The number of benzene rings is 4. The smallest absolute Gasteiger partial charge is 0.0253 e. The third-order valence-electron chi connectivity index (χ3n) is 12.8. The van der Waals surface area contributed by atoms with Gasteiger partial charge in [0, 0.05) is 0 Å². The van der Waals surface area contributed by atoms with Gasteiger partial charge in [0.2, 0.25) is 0 Å². The van der Waals surface area contributed by atoms with Crippen molar-refractivity contribution in [2.45, 2.75) is 118 Å². The molecule has 3 heteroatoms. The van der Waals surface area contributed by atoms with Crippen molar-refractivity contribution >= 4 is 3.21 Å². The summed E-state index contributed by atoms with van der Waals surface area (Å²) >= 11 is 1.46. The molecular weight excluding hydrogens is 787 g/mol. The summed E-state index contributed by atoms with van der Waals surface area (Å²) in [6.45, 7) is 18.1. The summed E-state index contributed by atoms with van der Waals surface area (Å²) in [6.07, 6.45) is 17.8. The van der Waals surface area contributed by atoms with Crippen molar-refractivity contribution in [3.8, 4) is 11.1 Å². The van der Waals surface area contributed by atoms with E-state index in [-0.39, 0.29) is 35.6 Å². The fourth-order valence-electron chi connectivity index (χ4n) is 10.4. The Morgan fingerprint density at radius 1 is 0.691 bits per heavy atom. The van der Waals surface area contributed by atoms with Gasteiger partial charge in [0.15, 0.2) is 0 Å². The second-order valence-electron chi connectivity index (χ2n) is 19.3. The summed E-state index contributed by atoms with van der Waals surface area (Å²) in [5, 5.41) is 0. The van der Waals surface area contributed by atoms with Crippen molar-refractivity contribution in [3.63, 3.8) is 0 Å². The van der Waals surface area contributed by atoms with E-state index in [1.54, 1.807) is 44.1 Å². The minimum absolute atomic E-state index is 0. The van der Waals surface area contributed by atoms with E-state index in [9.17, 15) is 0 Å². The number of hydrogen-bond donors (Lipinski definition) is 0. The molecule has 6 aliphatic carbocycles. The fraction of sp³-hybridized carbons (Fsp3) is 0.442. The first-order chi connectivity index (χ1) is 25.2. The molecule has 0 saturated heterocycles. The molecule has 0 aromatic heterocycles.